The molecule has 0 atom stereocenters. The van der Waals surface area contributed by atoms with E-state index < -0.39 is 11.6 Å². The zero-order valence-electron chi connectivity index (χ0n) is 10.2. The van der Waals surface area contributed by atoms with E-state index in [9.17, 15) is 9.90 Å². The Morgan fingerprint density at radius 1 is 1.47 bits per heavy atom. The molecule has 1 heterocycles. The van der Waals surface area contributed by atoms with E-state index in [1.807, 2.05) is 0 Å². The maximum Gasteiger partial charge on any atom is 0.319 e. The first kappa shape index (κ1) is 14.6. The van der Waals surface area contributed by atoms with Gasteiger partial charge in [0, 0.05) is 12.7 Å². The highest BCUT2D eigenvalue weighted by molar-refractivity contribution is 9.10. The predicted molar refractivity (Wildman–Crippen MR) is 77.4 cm³/mol. The standard InChI is InChI=1S/C12H15BrClN3O2/c13-8-5-15-6-9(10(8)14)17-11(18)16-7-12(19)3-1-2-4-12/h5-6,19H,1-4,7H2,(H2,16,17,18). The number of urea groups is 1. The summed E-state index contributed by atoms with van der Waals surface area (Å²) in [5, 5.41) is 15.8. The second kappa shape index (κ2) is 6.07. The first-order valence-corrected chi connectivity index (χ1v) is 7.23. The largest absolute Gasteiger partial charge is 0.388 e. The quantitative estimate of drug-likeness (QED) is 0.786. The number of aromatic nitrogens is 1. The van der Waals surface area contributed by atoms with E-state index in [1.165, 1.54) is 6.20 Å². The van der Waals surface area contributed by atoms with Crippen LogP contribution in [-0.4, -0.2) is 28.3 Å². The zero-order chi connectivity index (χ0) is 13.9. The molecule has 0 unspecified atom stereocenters. The Bertz CT molecular complexity index is 478. The number of rotatable bonds is 3. The smallest absolute Gasteiger partial charge is 0.319 e. The van der Waals surface area contributed by atoms with E-state index in [0.717, 1.165) is 25.7 Å². The molecule has 0 aromatic carbocycles. The molecular formula is C12H15BrClN3O2. The van der Waals surface area contributed by atoms with Gasteiger partial charge < -0.3 is 15.7 Å². The summed E-state index contributed by atoms with van der Waals surface area (Å²) in [6.07, 6.45) is 6.48. The van der Waals surface area contributed by atoms with Gasteiger partial charge in [0.1, 0.15) is 0 Å². The van der Waals surface area contributed by atoms with Crippen molar-refractivity contribution in [2.24, 2.45) is 0 Å². The summed E-state index contributed by atoms with van der Waals surface area (Å²) in [5.41, 5.74) is -0.344. The molecule has 1 aliphatic carbocycles. The zero-order valence-corrected chi connectivity index (χ0v) is 12.6. The van der Waals surface area contributed by atoms with Crippen molar-refractivity contribution in [3.8, 4) is 0 Å². The monoisotopic (exact) mass is 347 g/mol. The Morgan fingerprint density at radius 3 is 2.84 bits per heavy atom. The van der Waals surface area contributed by atoms with Gasteiger partial charge in [-0.15, -0.1) is 0 Å². The molecule has 0 saturated heterocycles. The minimum Gasteiger partial charge on any atom is -0.388 e. The van der Waals surface area contributed by atoms with Gasteiger partial charge in [-0.1, -0.05) is 24.4 Å². The molecule has 1 saturated carbocycles. The predicted octanol–water partition coefficient (Wildman–Crippen LogP) is 2.92. The fraction of sp³-hybridized carbons (Fsp3) is 0.500. The van der Waals surface area contributed by atoms with Gasteiger partial charge in [0.05, 0.1) is 27.0 Å². The van der Waals surface area contributed by atoms with Gasteiger partial charge in [0.15, 0.2) is 0 Å². The van der Waals surface area contributed by atoms with Crippen molar-refractivity contribution in [2.45, 2.75) is 31.3 Å². The summed E-state index contributed by atoms with van der Waals surface area (Å²) in [6.45, 7) is 0.248. The number of aliphatic hydroxyl groups is 1. The Labute approximate surface area is 124 Å². The molecule has 7 heteroatoms. The van der Waals surface area contributed by atoms with Crippen molar-refractivity contribution < 1.29 is 9.90 Å². The van der Waals surface area contributed by atoms with Gasteiger partial charge in [-0.05, 0) is 28.8 Å². The molecule has 2 rings (SSSR count). The molecule has 0 bridgehead atoms. The number of halogens is 2. The Hall–Kier alpha value is -0.850. The van der Waals surface area contributed by atoms with Crippen molar-refractivity contribution in [1.29, 1.82) is 0 Å². The molecule has 1 fully saturated rings. The van der Waals surface area contributed by atoms with Crippen LogP contribution in [0.1, 0.15) is 25.7 Å². The van der Waals surface area contributed by atoms with E-state index >= 15 is 0 Å². The van der Waals surface area contributed by atoms with Gasteiger partial charge >= 0.3 is 6.03 Å². The molecule has 0 spiro atoms. The van der Waals surface area contributed by atoms with Gasteiger partial charge in [-0.25, -0.2) is 4.79 Å². The number of anilines is 1. The van der Waals surface area contributed by atoms with Gasteiger partial charge in [-0.3, -0.25) is 4.98 Å². The lowest BCUT2D eigenvalue weighted by molar-refractivity contribution is 0.0506. The Kier molecular flexibility index (Phi) is 4.65. The fourth-order valence-electron chi connectivity index (χ4n) is 2.13. The minimum absolute atomic E-state index is 0.248. The number of amides is 2. The summed E-state index contributed by atoms with van der Waals surface area (Å²) in [4.78, 5) is 15.7. The second-order valence-electron chi connectivity index (χ2n) is 4.72. The number of hydrogen-bond donors (Lipinski definition) is 3. The first-order valence-electron chi connectivity index (χ1n) is 6.06. The molecule has 1 aromatic heterocycles. The average molecular weight is 349 g/mol. The summed E-state index contributed by atoms with van der Waals surface area (Å²) in [7, 11) is 0. The topological polar surface area (TPSA) is 74.2 Å². The average Bonchev–Trinajstić information content (AvgIpc) is 2.80. The Morgan fingerprint density at radius 2 is 2.16 bits per heavy atom. The third-order valence-electron chi connectivity index (χ3n) is 3.20. The van der Waals surface area contributed by atoms with Crippen molar-refractivity contribution in [3.05, 3.63) is 21.9 Å². The number of nitrogens with one attached hydrogen (secondary N) is 2. The summed E-state index contributed by atoms with van der Waals surface area (Å²) in [5.74, 6) is 0. The molecule has 2 amide bonds. The lowest BCUT2D eigenvalue weighted by atomic mass is 10.0. The molecule has 0 radical (unpaired) electrons. The van der Waals surface area contributed by atoms with Crippen molar-refractivity contribution in [2.75, 3.05) is 11.9 Å². The number of nitrogens with zero attached hydrogens (tertiary/aromatic N) is 1. The van der Waals surface area contributed by atoms with Gasteiger partial charge in [0.25, 0.3) is 0 Å². The number of carbonyl (C=O) groups excluding carboxylic acids is 1. The van der Waals surface area contributed by atoms with E-state index in [4.69, 9.17) is 11.6 Å². The molecule has 0 aliphatic heterocycles. The maximum atomic E-state index is 11.7. The number of pyridine rings is 1. The van der Waals surface area contributed by atoms with Gasteiger partial charge in [-0.2, -0.15) is 0 Å². The highest BCUT2D eigenvalue weighted by Crippen LogP contribution is 2.29. The highest BCUT2D eigenvalue weighted by Gasteiger charge is 2.31. The van der Waals surface area contributed by atoms with Gasteiger partial charge in [0.2, 0.25) is 0 Å². The molecule has 1 aliphatic rings. The van der Waals surface area contributed by atoms with Crippen LogP contribution in [0.5, 0.6) is 0 Å². The summed E-state index contributed by atoms with van der Waals surface area (Å²) < 4.78 is 0.612. The third-order valence-corrected chi connectivity index (χ3v) is 4.43. The lowest BCUT2D eigenvalue weighted by Gasteiger charge is -2.22. The summed E-state index contributed by atoms with van der Waals surface area (Å²) in [6, 6.07) is -0.401. The van der Waals surface area contributed by atoms with E-state index in [-0.39, 0.29) is 6.54 Å². The van der Waals surface area contributed by atoms with Crippen molar-refractivity contribution in [3.63, 3.8) is 0 Å². The molecule has 104 valence electrons. The normalized spacial score (nSPS) is 17.2. The van der Waals surface area contributed by atoms with Crippen LogP contribution in [0, 0.1) is 0 Å². The molecule has 19 heavy (non-hydrogen) atoms. The van der Waals surface area contributed by atoms with Crippen LogP contribution in [0.15, 0.2) is 16.9 Å². The van der Waals surface area contributed by atoms with E-state index in [1.54, 1.807) is 6.20 Å². The number of carbonyl (C=O) groups is 1. The SMILES string of the molecule is O=C(NCC1(O)CCCC1)Nc1cncc(Br)c1Cl. The van der Waals surface area contributed by atoms with Crippen LogP contribution in [0.4, 0.5) is 10.5 Å². The van der Waals surface area contributed by atoms with Crippen molar-refractivity contribution in [1.82, 2.24) is 10.3 Å². The van der Waals surface area contributed by atoms with Crippen LogP contribution >= 0.6 is 27.5 Å². The Balaban J connectivity index is 1.89. The van der Waals surface area contributed by atoms with E-state index in [2.05, 4.69) is 31.5 Å². The summed E-state index contributed by atoms with van der Waals surface area (Å²) >= 11 is 9.24. The van der Waals surface area contributed by atoms with E-state index in [0.29, 0.717) is 15.2 Å². The molecular weight excluding hydrogens is 334 g/mol. The van der Waals surface area contributed by atoms with Crippen LogP contribution < -0.4 is 10.6 Å². The lowest BCUT2D eigenvalue weighted by Crippen LogP contribution is -2.42. The fourth-order valence-corrected chi connectivity index (χ4v) is 2.60. The third kappa shape index (κ3) is 3.81. The molecule has 3 N–H and O–H groups in total. The van der Waals surface area contributed by atoms with Crippen LogP contribution in [-0.2, 0) is 0 Å². The number of hydrogen-bond acceptors (Lipinski definition) is 3. The highest BCUT2D eigenvalue weighted by atomic mass is 79.9. The first-order chi connectivity index (χ1) is 9.00. The van der Waals surface area contributed by atoms with Crippen LogP contribution in [0.3, 0.4) is 0 Å². The second-order valence-corrected chi connectivity index (χ2v) is 5.95. The minimum atomic E-state index is -0.767. The van der Waals surface area contributed by atoms with Crippen LogP contribution in [0.25, 0.3) is 0 Å². The molecule has 5 nitrogen and oxygen atoms in total. The molecule has 1 aromatic rings. The van der Waals surface area contributed by atoms with Crippen LogP contribution in [0.2, 0.25) is 5.02 Å². The van der Waals surface area contributed by atoms with Crippen molar-refractivity contribution >= 4 is 39.2 Å². The maximum absolute atomic E-state index is 11.7.